The van der Waals surface area contributed by atoms with Gasteiger partial charge in [0.1, 0.15) is 5.75 Å². The molecule has 0 aromatic heterocycles. The molecule has 0 aliphatic carbocycles. The van der Waals surface area contributed by atoms with Crippen LogP contribution < -0.4 is 10.1 Å². The predicted octanol–water partition coefficient (Wildman–Crippen LogP) is 3.50. The van der Waals surface area contributed by atoms with Crippen molar-refractivity contribution in [1.29, 1.82) is 0 Å². The molecule has 1 aromatic carbocycles. The highest BCUT2D eigenvalue weighted by Crippen LogP contribution is 2.28. The molecule has 0 bridgehead atoms. The van der Waals surface area contributed by atoms with E-state index in [0.717, 1.165) is 45.6 Å². The van der Waals surface area contributed by atoms with E-state index >= 15 is 0 Å². The molecule has 1 aromatic rings. The smallest absolute Gasteiger partial charge is 0.241 e. The molecular formula is C22H34ClN3O3. The molecule has 162 valence electrons. The Morgan fingerprint density at radius 3 is 2.55 bits per heavy atom. The molecule has 1 amide bonds. The van der Waals surface area contributed by atoms with Gasteiger partial charge in [-0.3, -0.25) is 14.6 Å². The van der Waals surface area contributed by atoms with Crippen LogP contribution >= 0.6 is 11.6 Å². The van der Waals surface area contributed by atoms with Crippen LogP contribution in [-0.2, 0) is 9.53 Å². The summed E-state index contributed by atoms with van der Waals surface area (Å²) in [4.78, 5) is 17.6. The fourth-order valence-corrected chi connectivity index (χ4v) is 4.67. The lowest BCUT2D eigenvalue weighted by molar-refractivity contribution is -0.121. The number of piperidine rings is 1. The third-order valence-electron chi connectivity index (χ3n) is 6.01. The minimum Gasteiger partial charge on any atom is -0.495 e. The largest absolute Gasteiger partial charge is 0.495 e. The monoisotopic (exact) mass is 423 g/mol. The predicted molar refractivity (Wildman–Crippen MR) is 117 cm³/mol. The lowest BCUT2D eigenvalue weighted by atomic mass is 9.94. The zero-order valence-corrected chi connectivity index (χ0v) is 18.7. The quantitative estimate of drug-likeness (QED) is 0.758. The molecule has 2 fully saturated rings. The first kappa shape index (κ1) is 22.3. The van der Waals surface area contributed by atoms with Gasteiger partial charge in [0.25, 0.3) is 0 Å². The Morgan fingerprint density at radius 1 is 1.28 bits per heavy atom. The Balaban J connectivity index is 1.49. The van der Waals surface area contributed by atoms with E-state index in [4.69, 9.17) is 21.1 Å². The van der Waals surface area contributed by atoms with E-state index in [1.54, 1.807) is 25.3 Å². The van der Waals surface area contributed by atoms with Gasteiger partial charge in [-0.25, -0.2) is 0 Å². The summed E-state index contributed by atoms with van der Waals surface area (Å²) in [6, 6.07) is 5.05. The Hall–Kier alpha value is -1.34. The number of rotatable bonds is 6. The molecular weight excluding hydrogens is 390 g/mol. The first-order valence-corrected chi connectivity index (χ1v) is 11.0. The lowest BCUT2D eigenvalue weighted by Gasteiger charge is -2.40. The van der Waals surface area contributed by atoms with E-state index in [2.05, 4.69) is 29.0 Å². The Kier molecular flexibility index (Phi) is 7.79. The lowest BCUT2D eigenvalue weighted by Crippen LogP contribution is -2.50. The van der Waals surface area contributed by atoms with E-state index < -0.39 is 0 Å². The van der Waals surface area contributed by atoms with Gasteiger partial charge in [0.2, 0.25) is 5.91 Å². The van der Waals surface area contributed by atoms with Crippen LogP contribution in [0.1, 0.15) is 33.6 Å². The normalized spacial score (nSPS) is 25.6. The SMILES string of the molecule is COc1ccc(Cl)cc1NC(=O)C(C)N1CCC(CN2CC(C)OC(C)C2)CC1. The van der Waals surface area contributed by atoms with Crippen LogP contribution in [0.25, 0.3) is 0 Å². The number of amides is 1. The molecule has 3 unspecified atom stereocenters. The Labute approximate surface area is 179 Å². The number of hydrogen-bond acceptors (Lipinski definition) is 5. The molecule has 3 rings (SSSR count). The van der Waals surface area contributed by atoms with E-state index in [1.165, 1.54) is 0 Å². The van der Waals surface area contributed by atoms with Crippen LogP contribution in [-0.4, -0.2) is 73.8 Å². The van der Waals surface area contributed by atoms with Crippen molar-refractivity contribution in [2.75, 3.05) is 45.2 Å². The van der Waals surface area contributed by atoms with Gasteiger partial charge in [0.05, 0.1) is 31.0 Å². The number of morpholine rings is 1. The van der Waals surface area contributed by atoms with Crippen molar-refractivity contribution in [3.8, 4) is 5.75 Å². The van der Waals surface area contributed by atoms with Gasteiger partial charge in [-0.05, 0) is 70.8 Å². The highest BCUT2D eigenvalue weighted by Gasteiger charge is 2.30. The summed E-state index contributed by atoms with van der Waals surface area (Å²) in [5, 5.41) is 3.54. The summed E-state index contributed by atoms with van der Waals surface area (Å²) in [7, 11) is 1.59. The molecule has 0 saturated carbocycles. The number of methoxy groups -OCH3 is 1. The third-order valence-corrected chi connectivity index (χ3v) is 6.24. The molecule has 2 aliphatic heterocycles. The van der Waals surface area contributed by atoms with Crippen LogP contribution in [0.3, 0.4) is 0 Å². The fourth-order valence-electron chi connectivity index (χ4n) is 4.50. The molecule has 2 heterocycles. The van der Waals surface area contributed by atoms with Crippen LogP contribution in [0.5, 0.6) is 5.75 Å². The summed E-state index contributed by atoms with van der Waals surface area (Å²) < 4.78 is 11.2. The molecule has 2 saturated heterocycles. The van der Waals surface area contributed by atoms with E-state index in [0.29, 0.717) is 34.6 Å². The summed E-state index contributed by atoms with van der Waals surface area (Å²) in [6.45, 7) is 11.3. The van der Waals surface area contributed by atoms with Gasteiger partial charge in [-0.2, -0.15) is 0 Å². The maximum atomic E-state index is 12.8. The number of carbonyl (C=O) groups excluding carboxylic acids is 1. The van der Waals surface area contributed by atoms with Crippen LogP contribution in [0.2, 0.25) is 5.02 Å². The first-order chi connectivity index (χ1) is 13.9. The number of benzene rings is 1. The average molecular weight is 424 g/mol. The van der Waals surface area contributed by atoms with Crippen LogP contribution in [0, 0.1) is 5.92 Å². The van der Waals surface area contributed by atoms with E-state index in [1.807, 2.05) is 6.92 Å². The Morgan fingerprint density at radius 2 is 1.93 bits per heavy atom. The van der Waals surface area contributed by atoms with Crippen molar-refractivity contribution in [3.63, 3.8) is 0 Å². The average Bonchev–Trinajstić information content (AvgIpc) is 2.67. The highest BCUT2D eigenvalue weighted by atomic mass is 35.5. The second-order valence-corrected chi connectivity index (χ2v) is 8.90. The van der Waals surface area contributed by atoms with Gasteiger partial charge in [0, 0.05) is 24.7 Å². The molecule has 0 radical (unpaired) electrons. The molecule has 3 atom stereocenters. The zero-order chi connectivity index (χ0) is 21.0. The van der Waals surface area contributed by atoms with Gasteiger partial charge in [-0.1, -0.05) is 11.6 Å². The zero-order valence-electron chi connectivity index (χ0n) is 18.0. The van der Waals surface area contributed by atoms with Gasteiger partial charge in [0.15, 0.2) is 0 Å². The number of nitrogens with one attached hydrogen (secondary N) is 1. The van der Waals surface area contributed by atoms with Crippen molar-refractivity contribution in [1.82, 2.24) is 9.80 Å². The number of halogens is 1. The molecule has 0 spiro atoms. The van der Waals surface area contributed by atoms with Crippen molar-refractivity contribution in [3.05, 3.63) is 23.2 Å². The van der Waals surface area contributed by atoms with Crippen LogP contribution in [0.4, 0.5) is 5.69 Å². The standard InChI is InChI=1S/C22H34ClN3O3/c1-15-12-25(13-16(2)29-15)14-18-7-9-26(10-8-18)17(3)22(27)24-20-11-19(23)5-6-21(20)28-4/h5-6,11,15-18H,7-10,12-14H2,1-4H3,(H,24,27). The number of carbonyl (C=O) groups is 1. The maximum absolute atomic E-state index is 12.8. The summed E-state index contributed by atoms with van der Waals surface area (Å²) in [6.07, 6.45) is 2.87. The summed E-state index contributed by atoms with van der Waals surface area (Å²) in [5.74, 6) is 1.27. The molecule has 7 heteroatoms. The van der Waals surface area contributed by atoms with Crippen molar-refractivity contribution < 1.29 is 14.3 Å². The highest BCUT2D eigenvalue weighted by molar-refractivity contribution is 6.31. The van der Waals surface area contributed by atoms with Gasteiger partial charge >= 0.3 is 0 Å². The second-order valence-electron chi connectivity index (χ2n) is 8.47. The Bertz CT molecular complexity index is 684. The topological polar surface area (TPSA) is 54.0 Å². The number of anilines is 1. The molecule has 6 nitrogen and oxygen atoms in total. The minimum atomic E-state index is -0.192. The van der Waals surface area contributed by atoms with E-state index in [9.17, 15) is 4.79 Å². The van der Waals surface area contributed by atoms with Crippen molar-refractivity contribution in [2.24, 2.45) is 5.92 Å². The van der Waals surface area contributed by atoms with Crippen molar-refractivity contribution in [2.45, 2.75) is 51.9 Å². The number of ether oxygens (including phenoxy) is 2. The van der Waals surface area contributed by atoms with Gasteiger partial charge < -0.3 is 14.8 Å². The summed E-state index contributed by atoms with van der Waals surface area (Å²) in [5.41, 5.74) is 0.613. The molecule has 29 heavy (non-hydrogen) atoms. The number of likely N-dealkylation sites (tertiary alicyclic amines) is 1. The van der Waals surface area contributed by atoms with Crippen molar-refractivity contribution >= 4 is 23.2 Å². The van der Waals surface area contributed by atoms with Crippen LogP contribution in [0.15, 0.2) is 18.2 Å². The number of hydrogen-bond donors (Lipinski definition) is 1. The third kappa shape index (κ3) is 6.07. The molecule has 1 N–H and O–H groups in total. The molecule has 2 aliphatic rings. The number of nitrogens with zero attached hydrogens (tertiary/aromatic N) is 2. The van der Waals surface area contributed by atoms with E-state index in [-0.39, 0.29) is 11.9 Å². The summed E-state index contributed by atoms with van der Waals surface area (Å²) >= 11 is 6.07. The maximum Gasteiger partial charge on any atom is 0.241 e. The minimum absolute atomic E-state index is 0.0279. The first-order valence-electron chi connectivity index (χ1n) is 10.6. The van der Waals surface area contributed by atoms with Gasteiger partial charge in [-0.15, -0.1) is 0 Å². The fraction of sp³-hybridized carbons (Fsp3) is 0.682. The second kappa shape index (κ2) is 10.1.